The van der Waals surface area contributed by atoms with E-state index >= 15 is 0 Å². The number of aromatic nitrogens is 3. The standard InChI is InChI=1S/C49H31N3/c1-2-15-39-32(10-1)11-8-20-40(39)33-21-23-34(24-22-33)47-30-48(36-13-7-12-35(28-36)38-14-9-27-50-31-38)52-49(51-47)37-25-26-45-43-18-4-3-16-41(43)42-17-5-6-19-44(42)46(45)29-37/h1-31H. The maximum atomic E-state index is 5.26. The van der Waals surface area contributed by atoms with Gasteiger partial charge in [-0.2, -0.15) is 0 Å². The lowest BCUT2D eigenvalue weighted by molar-refractivity contribution is 1.18. The molecule has 0 aliphatic rings. The third-order valence-corrected chi connectivity index (χ3v) is 10.2. The molecule has 52 heavy (non-hydrogen) atoms. The van der Waals surface area contributed by atoms with Crippen LogP contribution in [-0.4, -0.2) is 15.0 Å². The fourth-order valence-corrected chi connectivity index (χ4v) is 7.61. The van der Waals surface area contributed by atoms with Crippen LogP contribution in [0.2, 0.25) is 0 Å². The molecule has 2 aromatic heterocycles. The summed E-state index contributed by atoms with van der Waals surface area (Å²) in [4.78, 5) is 14.9. The van der Waals surface area contributed by atoms with Gasteiger partial charge in [0.2, 0.25) is 0 Å². The third-order valence-electron chi connectivity index (χ3n) is 10.2. The van der Waals surface area contributed by atoms with Gasteiger partial charge in [-0.25, -0.2) is 9.97 Å². The summed E-state index contributed by atoms with van der Waals surface area (Å²) in [5.41, 5.74) is 9.33. The summed E-state index contributed by atoms with van der Waals surface area (Å²) in [7, 11) is 0. The monoisotopic (exact) mass is 661 g/mol. The smallest absolute Gasteiger partial charge is 0.160 e. The summed E-state index contributed by atoms with van der Waals surface area (Å²) in [6, 6.07) is 62.5. The second-order valence-corrected chi connectivity index (χ2v) is 13.2. The molecule has 0 unspecified atom stereocenters. The van der Waals surface area contributed by atoms with E-state index in [1.54, 1.807) is 6.20 Å². The van der Waals surface area contributed by atoms with E-state index in [0.717, 1.165) is 39.2 Å². The normalized spacial score (nSPS) is 11.5. The van der Waals surface area contributed by atoms with E-state index < -0.39 is 0 Å². The molecular weight excluding hydrogens is 631 g/mol. The van der Waals surface area contributed by atoms with E-state index in [2.05, 4.69) is 175 Å². The van der Waals surface area contributed by atoms with Crippen LogP contribution in [-0.2, 0) is 0 Å². The first-order chi connectivity index (χ1) is 25.8. The molecule has 0 bridgehead atoms. The van der Waals surface area contributed by atoms with Crippen molar-refractivity contribution in [3.8, 4) is 56.2 Å². The molecule has 0 spiro atoms. The molecule has 0 atom stereocenters. The SMILES string of the molecule is c1cncc(-c2cccc(-c3cc(-c4ccc(-c5cccc6ccccc56)cc4)nc(-c4ccc5c6ccccc6c6ccccc6c5c4)n3)c2)c1. The van der Waals surface area contributed by atoms with Crippen molar-refractivity contribution in [2.75, 3.05) is 0 Å². The molecular formula is C49H31N3. The Bertz CT molecular complexity index is 2910. The van der Waals surface area contributed by atoms with Crippen LogP contribution in [0.15, 0.2) is 188 Å². The minimum absolute atomic E-state index is 0.691. The van der Waals surface area contributed by atoms with Gasteiger partial charge in [-0.1, -0.05) is 152 Å². The highest BCUT2D eigenvalue weighted by Crippen LogP contribution is 2.38. The number of rotatable bonds is 5. The Kier molecular flexibility index (Phi) is 7.14. The van der Waals surface area contributed by atoms with Gasteiger partial charge in [0.1, 0.15) is 0 Å². The molecule has 0 N–H and O–H groups in total. The van der Waals surface area contributed by atoms with E-state index in [0.29, 0.717) is 5.82 Å². The number of fused-ring (bicyclic) bond motifs is 7. The minimum atomic E-state index is 0.691. The molecule has 3 heteroatoms. The van der Waals surface area contributed by atoms with Crippen LogP contribution >= 0.6 is 0 Å². The zero-order valence-corrected chi connectivity index (χ0v) is 28.2. The van der Waals surface area contributed by atoms with Crippen molar-refractivity contribution in [2.24, 2.45) is 0 Å². The molecule has 10 rings (SSSR count). The largest absolute Gasteiger partial charge is 0.264 e. The van der Waals surface area contributed by atoms with Crippen LogP contribution in [0.1, 0.15) is 0 Å². The number of pyridine rings is 1. The number of benzene rings is 8. The molecule has 0 saturated heterocycles. The van der Waals surface area contributed by atoms with Crippen LogP contribution < -0.4 is 0 Å². The maximum absolute atomic E-state index is 5.26. The molecule has 10 aromatic rings. The van der Waals surface area contributed by atoms with Gasteiger partial charge in [-0.15, -0.1) is 0 Å². The van der Waals surface area contributed by atoms with Crippen LogP contribution in [0.4, 0.5) is 0 Å². The summed E-state index contributed by atoms with van der Waals surface area (Å²) >= 11 is 0. The Morgan fingerprint density at radius 1 is 0.308 bits per heavy atom. The van der Waals surface area contributed by atoms with E-state index in [1.165, 1.54) is 54.2 Å². The average Bonchev–Trinajstić information content (AvgIpc) is 3.23. The minimum Gasteiger partial charge on any atom is -0.264 e. The summed E-state index contributed by atoms with van der Waals surface area (Å²) in [6.07, 6.45) is 3.70. The first kappa shape index (κ1) is 29.9. The topological polar surface area (TPSA) is 38.7 Å². The summed E-state index contributed by atoms with van der Waals surface area (Å²) in [6.45, 7) is 0. The van der Waals surface area contributed by atoms with Crippen molar-refractivity contribution in [1.82, 2.24) is 15.0 Å². The fraction of sp³-hybridized carbons (Fsp3) is 0. The van der Waals surface area contributed by atoms with Crippen molar-refractivity contribution in [2.45, 2.75) is 0 Å². The van der Waals surface area contributed by atoms with E-state index in [4.69, 9.17) is 9.97 Å². The second kappa shape index (κ2) is 12.4. The molecule has 0 saturated carbocycles. The van der Waals surface area contributed by atoms with E-state index in [-0.39, 0.29) is 0 Å². The van der Waals surface area contributed by atoms with Crippen molar-refractivity contribution in [3.63, 3.8) is 0 Å². The van der Waals surface area contributed by atoms with Gasteiger partial charge in [-0.3, -0.25) is 4.98 Å². The third kappa shape index (κ3) is 5.19. The maximum Gasteiger partial charge on any atom is 0.160 e. The summed E-state index contributed by atoms with van der Waals surface area (Å²) in [5.74, 6) is 0.691. The Hall–Kier alpha value is -6.97. The highest BCUT2D eigenvalue weighted by atomic mass is 14.9. The first-order valence-corrected chi connectivity index (χ1v) is 17.6. The Morgan fingerprint density at radius 3 is 1.60 bits per heavy atom. The predicted molar refractivity (Wildman–Crippen MR) is 217 cm³/mol. The molecule has 0 aliphatic carbocycles. The van der Waals surface area contributed by atoms with Crippen LogP contribution in [0.5, 0.6) is 0 Å². The molecule has 3 nitrogen and oxygen atoms in total. The van der Waals surface area contributed by atoms with Crippen molar-refractivity contribution < 1.29 is 0 Å². The molecule has 2 heterocycles. The van der Waals surface area contributed by atoms with Crippen molar-refractivity contribution in [3.05, 3.63) is 188 Å². The van der Waals surface area contributed by atoms with Gasteiger partial charge in [0.15, 0.2) is 5.82 Å². The quantitative estimate of drug-likeness (QED) is 0.172. The van der Waals surface area contributed by atoms with Crippen LogP contribution in [0.25, 0.3) is 99.2 Å². The number of hydrogen-bond donors (Lipinski definition) is 0. The van der Waals surface area contributed by atoms with Crippen molar-refractivity contribution in [1.29, 1.82) is 0 Å². The summed E-state index contributed by atoms with van der Waals surface area (Å²) < 4.78 is 0. The van der Waals surface area contributed by atoms with E-state index in [1.807, 2.05) is 12.3 Å². The lowest BCUT2D eigenvalue weighted by Gasteiger charge is -2.13. The molecule has 242 valence electrons. The van der Waals surface area contributed by atoms with Gasteiger partial charge >= 0.3 is 0 Å². The lowest BCUT2D eigenvalue weighted by atomic mass is 9.93. The van der Waals surface area contributed by atoms with Gasteiger partial charge in [0, 0.05) is 34.6 Å². The zero-order chi connectivity index (χ0) is 34.4. The average molecular weight is 662 g/mol. The van der Waals surface area contributed by atoms with Crippen LogP contribution in [0, 0.1) is 0 Å². The second-order valence-electron chi connectivity index (χ2n) is 13.2. The van der Waals surface area contributed by atoms with Gasteiger partial charge in [0.25, 0.3) is 0 Å². The molecule has 0 fully saturated rings. The van der Waals surface area contributed by atoms with Crippen molar-refractivity contribution >= 4 is 43.1 Å². The number of hydrogen-bond acceptors (Lipinski definition) is 3. The first-order valence-electron chi connectivity index (χ1n) is 17.6. The van der Waals surface area contributed by atoms with Gasteiger partial charge in [-0.05, 0) is 84.0 Å². The lowest BCUT2D eigenvalue weighted by Crippen LogP contribution is -1.96. The molecule has 8 aromatic carbocycles. The highest BCUT2D eigenvalue weighted by Gasteiger charge is 2.15. The molecule has 0 radical (unpaired) electrons. The zero-order valence-electron chi connectivity index (χ0n) is 28.2. The van der Waals surface area contributed by atoms with Crippen LogP contribution in [0.3, 0.4) is 0 Å². The fourth-order valence-electron chi connectivity index (χ4n) is 7.61. The predicted octanol–water partition coefficient (Wildman–Crippen LogP) is 12.8. The van der Waals surface area contributed by atoms with Gasteiger partial charge < -0.3 is 0 Å². The van der Waals surface area contributed by atoms with E-state index in [9.17, 15) is 0 Å². The Morgan fingerprint density at radius 2 is 0.865 bits per heavy atom. The Balaban J connectivity index is 1.15. The highest BCUT2D eigenvalue weighted by molar-refractivity contribution is 6.25. The Labute approximate surface area is 301 Å². The summed E-state index contributed by atoms with van der Waals surface area (Å²) in [5, 5.41) is 9.88. The molecule has 0 amide bonds. The van der Waals surface area contributed by atoms with Gasteiger partial charge in [0.05, 0.1) is 11.4 Å². The molecule has 0 aliphatic heterocycles. The number of nitrogens with zero attached hydrogens (tertiary/aromatic N) is 3.